The topological polar surface area (TPSA) is 57.5 Å². The molecule has 3 saturated carbocycles. The Morgan fingerprint density at radius 2 is 1.86 bits per heavy atom. The van der Waals surface area contributed by atoms with E-state index in [2.05, 4.69) is 36.4 Å². The molecule has 0 aromatic rings. The van der Waals surface area contributed by atoms with Gasteiger partial charge in [0, 0.05) is 16.7 Å². The van der Waals surface area contributed by atoms with Crippen LogP contribution in [0, 0.1) is 28.6 Å². The van der Waals surface area contributed by atoms with E-state index in [1.165, 1.54) is 0 Å². The third kappa shape index (κ3) is 2.93. The Morgan fingerprint density at radius 3 is 2.50 bits per heavy atom. The van der Waals surface area contributed by atoms with Crippen LogP contribution in [-0.2, 0) is 4.79 Å². The molecule has 0 spiro atoms. The van der Waals surface area contributed by atoms with Crippen LogP contribution in [0.3, 0.4) is 0 Å². The lowest BCUT2D eigenvalue weighted by molar-refractivity contribution is -0.139. The van der Waals surface area contributed by atoms with E-state index in [-0.39, 0.29) is 34.6 Å². The highest BCUT2D eigenvalue weighted by molar-refractivity contribution is 9.09. The van der Waals surface area contributed by atoms with Crippen molar-refractivity contribution in [3.05, 3.63) is 23.8 Å². The molecule has 0 saturated heterocycles. The molecule has 7 atom stereocenters. The van der Waals surface area contributed by atoms with Crippen molar-refractivity contribution in [3.8, 4) is 0 Å². The standard InChI is InChI=1S/C22H31BrO3.C2H6/c1-13(12-23)15-6-9-22(26)17-11-19(25)18-10-14(24)4-7-20(18,2)16(17)5-8-21(15,22)3;1-2/h11,14-16,18,24,26H,1,4-10,12H2,2-3H3;1-2H3/t14?,15?,16?,18?,20?,21?,22-;/m1./s1. The molecule has 0 heterocycles. The Labute approximate surface area is 178 Å². The largest absolute Gasteiger partial charge is 0.393 e. The molecule has 3 fully saturated rings. The molecular weight excluding hydrogens is 416 g/mol. The average molecular weight is 453 g/mol. The number of aliphatic hydroxyl groups excluding tert-OH is 1. The molecule has 0 bridgehead atoms. The van der Waals surface area contributed by atoms with Gasteiger partial charge in [0.25, 0.3) is 0 Å². The SMILES string of the molecule is C=C(CBr)C1CC[C@@]2(O)C3=CC(=O)C4CC(O)CCC4(C)C3CCC12C.CC. The summed E-state index contributed by atoms with van der Waals surface area (Å²) in [6, 6.07) is 0. The quantitative estimate of drug-likeness (QED) is 0.447. The molecular formula is C24H37BrO3. The summed E-state index contributed by atoms with van der Waals surface area (Å²) in [5.74, 6) is 0.579. The number of fused-ring (bicyclic) bond motifs is 5. The van der Waals surface area contributed by atoms with Gasteiger partial charge in [0.2, 0.25) is 0 Å². The summed E-state index contributed by atoms with van der Waals surface area (Å²) in [4.78, 5) is 13.0. The molecule has 2 N–H and O–H groups in total. The van der Waals surface area contributed by atoms with Crippen molar-refractivity contribution < 1.29 is 15.0 Å². The highest BCUT2D eigenvalue weighted by atomic mass is 79.9. The van der Waals surface area contributed by atoms with Crippen molar-refractivity contribution in [2.45, 2.75) is 84.3 Å². The number of alkyl halides is 1. The Kier molecular flexibility index (Phi) is 6.09. The van der Waals surface area contributed by atoms with Gasteiger partial charge in [-0.3, -0.25) is 4.79 Å². The maximum Gasteiger partial charge on any atom is 0.159 e. The van der Waals surface area contributed by atoms with Crippen molar-refractivity contribution in [3.63, 3.8) is 0 Å². The number of carbonyl (C=O) groups excluding carboxylic acids is 1. The van der Waals surface area contributed by atoms with Crippen LogP contribution < -0.4 is 0 Å². The number of hydrogen-bond donors (Lipinski definition) is 2. The summed E-state index contributed by atoms with van der Waals surface area (Å²) in [5.41, 5.74) is 0.899. The minimum Gasteiger partial charge on any atom is -0.393 e. The second-order valence-electron chi connectivity index (χ2n) is 9.74. The van der Waals surface area contributed by atoms with E-state index in [0.29, 0.717) is 12.3 Å². The van der Waals surface area contributed by atoms with Crippen LogP contribution in [0.5, 0.6) is 0 Å². The van der Waals surface area contributed by atoms with Gasteiger partial charge in [-0.1, -0.05) is 55.8 Å². The fourth-order valence-electron chi connectivity index (χ4n) is 7.06. The van der Waals surface area contributed by atoms with E-state index in [0.717, 1.165) is 55.0 Å². The highest BCUT2D eigenvalue weighted by Crippen LogP contribution is 2.67. The first-order chi connectivity index (χ1) is 13.2. The third-order valence-electron chi connectivity index (χ3n) is 8.74. The predicted octanol–water partition coefficient (Wildman–Crippen LogP) is 5.20. The van der Waals surface area contributed by atoms with Gasteiger partial charge in [-0.15, -0.1) is 0 Å². The second-order valence-corrected chi connectivity index (χ2v) is 10.3. The Hall–Kier alpha value is -0.450. The molecule has 3 nitrogen and oxygen atoms in total. The van der Waals surface area contributed by atoms with Gasteiger partial charge in [-0.05, 0) is 73.8 Å². The molecule has 4 rings (SSSR count). The lowest BCUT2D eigenvalue weighted by atomic mass is 9.46. The first-order valence-electron chi connectivity index (χ1n) is 11.1. The number of ketones is 1. The Bertz CT molecular complexity index is 685. The molecule has 4 aliphatic carbocycles. The van der Waals surface area contributed by atoms with Crippen LogP contribution in [0.25, 0.3) is 0 Å². The Morgan fingerprint density at radius 1 is 1.18 bits per heavy atom. The van der Waals surface area contributed by atoms with E-state index < -0.39 is 5.60 Å². The van der Waals surface area contributed by atoms with E-state index in [1.807, 2.05) is 13.8 Å². The molecule has 0 aliphatic heterocycles. The summed E-state index contributed by atoms with van der Waals surface area (Å²) >= 11 is 3.55. The summed E-state index contributed by atoms with van der Waals surface area (Å²) in [6.45, 7) is 12.7. The van der Waals surface area contributed by atoms with E-state index in [4.69, 9.17) is 0 Å². The van der Waals surface area contributed by atoms with E-state index in [1.54, 1.807) is 6.08 Å². The van der Waals surface area contributed by atoms with Crippen molar-refractivity contribution in [1.29, 1.82) is 0 Å². The van der Waals surface area contributed by atoms with Gasteiger partial charge in [-0.2, -0.15) is 0 Å². The van der Waals surface area contributed by atoms with Gasteiger partial charge in [0.15, 0.2) is 5.78 Å². The fraction of sp³-hybridized carbons (Fsp3) is 0.792. The van der Waals surface area contributed by atoms with Crippen LogP contribution in [0.4, 0.5) is 0 Å². The van der Waals surface area contributed by atoms with Gasteiger partial charge >= 0.3 is 0 Å². The number of rotatable bonds is 2. The van der Waals surface area contributed by atoms with Crippen LogP contribution >= 0.6 is 15.9 Å². The van der Waals surface area contributed by atoms with Gasteiger partial charge in [0.05, 0.1) is 11.7 Å². The molecule has 158 valence electrons. The minimum atomic E-state index is -0.897. The molecule has 6 unspecified atom stereocenters. The summed E-state index contributed by atoms with van der Waals surface area (Å²) in [7, 11) is 0. The lowest BCUT2D eigenvalue weighted by Gasteiger charge is -2.59. The number of aliphatic hydroxyl groups is 2. The normalized spacial score (nSPS) is 47.1. The van der Waals surface area contributed by atoms with Crippen molar-refractivity contribution in [2.24, 2.45) is 28.6 Å². The number of allylic oxidation sites excluding steroid dienone is 2. The number of halogens is 1. The smallest absolute Gasteiger partial charge is 0.159 e. The lowest BCUT2D eigenvalue weighted by Crippen LogP contribution is -2.59. The summed E-state index contributed by atoms with van der Waals surface area (Å²) < 4.78 is 0. The third-order valence-corrected chi connectivity index (χ3v) is 9.46. The molecule has 4 heteroatoms. The molecule has 0 aromatic carbocycles. The van der Waals surface area contributed by atoms with E-state index >= 15 is 0 Å². The maximum atomic E-state index is 13.0. The first kappa shape index (κ1) is 22.2. The molecule has 4 aliphatic rings. The van der Waals surface area contributed by atoms with E-state index in [9.17, 15) is 15.0 Å². The van der Waals surface area contributed by atoms with Crippen LogP contribution in [-0.4, -0.2) is 33.0 Å². The maximum absolute atomic E-state index is 13.0. The molecule has 0 radical (unpaired) electrons. The van der Waals surface area contributed by atoms with Crippen LogP contribution in [0.1, 0.15) is 72.6 Å². The zero-order valence-electron chi connectivity index (χ0n) is 17.9. The highest BCUT2D eigenvalue weighted by Gasteiger charge is 2.65. The van der Waals surface area contributed by atoms with Crippen molar-refractivity contribution >= 4 is 21.7 Å². The molecule has 28 heavy (non-hydrogen) atoms. The zero-order chi connectivity index (χ0) is 20.9. The first-order valence-corrected chi connectivity index (χ1v) is 12.2. The zero-order valence-corrected chi connectivity index (χ0v) is 19.5. The van der Waals surface area contributed by atoms with Crippen LogP contribution in [0.15, 0.2) is 23.8 Å². The van der Waals surface area contributed by atoms with Crippen molar-refractivity contribution in [1.82, 2.24) is 0 Å². The van der Waals surface area contributed by atoms with Gasteiger partial charge in [-0.25, -0.2) is 0 Å². The predicted molar refractivity (Wildman–Crippen MR) is 117 cm³/mol. The number of carbonyl (C=O) groups is 1. The molecule has 0 aromatic heterocycles. The second kappa shape index (κ2) is 7.67. The molecule has 0 amide bonds. The van der Waals surface area contributed by atoms with Gasteiger partial charge in [0.1, 0.15) is 0 Å². The fourth-order valence-corrected chi connectivity index (χ4v) is 7.46. The monoisotopic (exact) mass is 452 g/mol. The van der Waals surface area contributed by atoms with Crippen LogP contribution in [0.2, 0.25) is 0 Å². The Balaban J connectivity index is 0.00000109. The minimum absolute atomic E-state index is 0.0948. The van der Waals surface area contributed by atoms with Gasteiger partial charge < -0.3 is 10.2 Å². The number of hydrogen-bond acceptors (Lipinski definition) is 3. The van der Waals surface area contributed by atoms with Crippen molar-refractivity contribution in [2.75, 3.05) is 5.33 Å². The summed E-state index contributed by atoms with van der Waals surface area (Å²) in [6.07, 6.45) is 7.30. The average Bonchev–Trinajstić information content (AvgIpc) is 2.96. The summed E-state index contributed by atoms with van der Waals surface area (Å²) in [5, 5.41) is 22.8.